The fraction of sp³-hybridized carbons (Fsp3) is 0.429. The van der Waals surface area contributed by atoms with Crippen molar-refractivity contribution in [3.63, 3.8) is 0 Å². The number of amides is 1. The molecule has 5 rings (SSSR count). The summed E-state index contributed by atoms with van der Waals surface area (Å²) in [6.45, 7) is 9.83. The number of ether oxygens (including phenoxy) is 2. The van der Waals surface area contributed by atoms with Crippen molar-refractivity contribution in [3.05, 3.63) is 22.6 Å². The number of benzene rings is 1. The fourth-order valence-corrected chi connectivity index (χ4v) is 6.39. The molecule has 6 nitrogen and oxygen atoms in total. The maximum atomic E-state index is 11.9. The van der Waals surface area contributed by atoms with E-state index in [2.05, 4.69) is 24.1 Å². The predicted molar refractivity (Wildman–Crippen MR) is 117 cm³/mol. The van der Waals surface area contributed by atoms with Gasteiger partial charge in [-0.25, -0.2) is 4.98 Å². The van der Waals surface area contributed by atoms with Crippen LogP contribution in [-0.4, -0.2) is 34.7 Å². The van der Waals surface area contributed by atoms with Crippen LogP contribution < -0.4 is 14.8 Å². The van der Waals surface area contributed by atoms with E-state index >= 15 is 0 Å². The van der Waals surface area contributed by atoms with Crippen LogP contribution in [0.25, 0.3) is 20.8 Å². The minimum Gasteiger partial charge on any atom is -0.451 e. The Balaban J connectivity index is 1.61. The molecule has 3 aromatic rings. The number of hydrogen-bond donors (Lipinski definition) is 1. The molecular weight excluding hydrogens is 406 g/mol. The van der Waals surface area contributed by atoms with Crippen LogP contribution >= 0.6 is 22.7 Å². The third kappa shape index (κ3) is 3.29. The van der Waals surface area contributed by atoms with E-state index in [1.807, 2.05) is 19.1 Å². The standard InChI is InChI=1S/C21H23N3O3S2/c1-10(2)24-6-5-13-18(9-24)29-20(22-11(3)25)19(13)21-23-14-7-15-16(8-17(14)28-21)27-12(4)26-15/h7-8,10,12H,5-6,9H2,1-4H3,(H,22,25). The molecule has 1 aromatic carbocycles. The van der Waals surface area contributed by atoms with E-state index in [0.29, 0.717) is 6.04 Å². The summed E-state index contributed by atoms with van der Waals surface area (Å²) >= 11 is 3.32. The summed E-state index contributed by atoms with van der Waals surface area (Å²) in [4.78, 5) is 20.6. The Morgan fingerprint density at radius 1 is 1.28 bits per heavy atom. The van der Waals surface area contributed by atoms with E-state index < -0.39 is 0 Å². The van der Waals surface area contributed by atoms with Crippen molar-refractivity contribution in [3.8, 4) is 22.1 Å². The molecule has 0 saturated carbocycles. The number of fused-ring (bicyclic) bond motifs is 3. The van der Waals surface area contributed by atoms with E-state index in [4.69, 9.17) is 14.5 Å². The first-order chi connectivity index (χ1) is 13.9. The Hall–Kier alpha value is -2.16. The zero-order valence-corrected chi connectivity index (χ0v) is 18.5. The van der Waals surface area contributed by atoms with Crippen LogP contribution in [0.3, 0.4) is 0 Å². The summed E-state index contributed by atoms with van der Waals surface area (Å²) in [5.41, 5.74) is 3.30. The molecule has 0 spiro atoms. The summed E-state index contributed by atoms with van der Waals surface area (Å²) in [6, 6.07) is 4.46. The Morgan fingerprint density at radius 3 is 2.76 bits per heavy atom. The first kappa shape index (κ1) is 18.8. The number of thiazole rings is 1. The van der Waals surface area contributed by atoms with Gasteiger partial charge in [-0.1, -0.05) is 0 Å². The van der Waals surface area contributed by atoms with Gasteiger partial charge in [0.1, 0.15) is 10.0 Å². The molecule has 1 unspecified atom stereocenters. The minimum atomic E-state index is -0.264. The molecule has 8 heteroatoms. The SMILES string of the molecule is CC(=O)Nc1sc2c(c1-c1nc3cc4c(cc3s1)OC(C)O4)CCN(C(C)C)C2. The second-order valence-corrected chi connectivity index (χ2v) is 9.93. The molecule has 0 bridgehead atoms. The number of nitrogens with zero attached hydrogens (tertiary/aromatic N) is 2. The van der Waals surface area contributed by atoms with Gasteiger partial charge in [0, 0.05) is 55.6 Å². The van der Waals surface area contributed by atoms with Gasteiger partial charge in [-0.05, 0) is 25.8 Å². The fourth-order valence-electron chi connectivity index (χ4n) is 3.95. The number of carbonyl (C=O) groups is 1. The lowest BCUT2D eigenvalue weighted by Crippen LogP contribution is -2.35. The van der Waals surface area contributed by atoms with Gasteiger partial charge in [-0.2, -0.15) is 0 Å². The average Bonchev–Trinajstić information content (AvgIpc) is 3.30. The number of thiophene rings is 1. The van der Waals surface area contributed by atoms with Gasteiger partial charge in [0.05, 0.1) is 10.2 Å². The molecule has 29 heavy (non-hydrogen) atoms. The van der Waals surface area contributed by atoms with E-state index in [9.17, 15) is 4.79 Å². The largest absolute Gasteiger partial charge is 0.451 e. The molecule has 4 heterocycles. The van der Waals surface area contributed by atoms with Crippen molar-refractivity contribution in [1.29, 1.82) is 0 Å². The normalized spacial score (nSPS) is 18.4. The lowest BCUT2D eigenvalue weighted by Gasteiger charge is -2.30. The predicted octanol–water partition coefficient (Wildman–Crippen LogP) is 4.87. The number of aromatic nitrogens is 1. The average molecular weight is 430 g/mol. The van der Waals surface area contributed by atoms with Gasteiger partial charge in [-0.15, -0.1) is 22.7 Å². The summed E-state index contributed by atoms with van der Waals surface area (Å²) < 4.78 is 12.5. The molecule has 0 aliphatic carbocycles. The molecule has 1 N–H and O–H groups in total. The molecule has 0 fully saturated rings. The maximum absolute atomic E-state index is 11.9. The van der Waals surface area contributed by atoms with Crippen molar-refractivity contribution in [1.82, 2.24) is 9.88 Å². The first-order valence-corrected chi connectivity index (χ1v) is 11.5. The highest BCUT2D eigenvalue weighted by Gasteiger charge is 2.29. The highest BCUT2D eigenvalue weighted by molar-refractivity contribution is 7.23. The Labute approximate surface area is 177 Å². The summed E-state index contributed by atoms with van der Waals surface area (Å²) in [5, 5.41) is 4.89. The monoisotopic (exact) mass is 429 g/mol. The van der Waals surface area contributed by atoms with Gasteiger partial charge < -0.3 is 14.8 Å². The summed E-state index contributed by atoms with van der Waals surface area (Å²) in [6.07, 6.45) is 0.704. The van der Waals surface area contributed by atoms with Crippen LogP contribution in [0.4, 0.5) is 5.00 Å². The van der Waals surface area contributed by atoms with Crippen LogP contribution in [-0.2, 0) is 17.8 Å². The molecule has 1 amide bonds. The number of carbonyl (C=O) groups excluding carboxylic acids is 1. The number of nitrogens with one attached hydrogen (secondary N) is 1. The van der Waals surface area contributed by atoms with Gasteiger partial charge in [0.25, 0.3) is 0 Å². The van der Waals surface area contributed by atoms with Crippen LogP contribution in [0.1, 0.15) is 38.1 Å². The maximum Gasteiger partial charge on any atom is 0.238 e. The topological polar surface area (TPSA) is 63.7 Å². The van der Waals surface area contributed by atoms with Gasteiger partial charge in [0.2, 0.25) is 12.2 Å². The highest BCUT2D eigenvalue weighted by atomic mass is 32.1. The highest BCUT2D eigenvalue weighted by Crippen LogP contribution is 2.47. The third-order valence-corrected chi connectivity index (χ3v) is 7.53. The molecular formula is C21H23N3O3S2. The zero-order valence-electron chi connectivity index (χ0n) is 16.9. The second kappa shape index (κ2) is 6.97. The smallest absolute Gasteiger partial charge is 0.238 e. The van der Waals surface area contributed by atoms with Crippen molar-refractivity contribution in [2.75, 3.05) is 11.9 Å². The van der Waals surface area contributed by atoms with E-state index in [0.717, 1.165) is 56.8 Å². The Morgan fingerprint density at radius 2 is 2.03 bits per heavy atom. The van der Waals surface area contributed by atoms with Crippen LogP contribution in [0, 0.1) is 0 Å². The lowest BCUT2D eigenvalue weighted by atomic mass is 10.0. The lowest BCUT2D eigenvalue weighted by molar-refractivity contribution is -0.114. The number of rotatable bonds is 3. The van der Waals surface area contributed by atoms with Gasteiger partial charge >= 0.3 is 0 Å². The number of anilines is 1. The van der Waals surface area contributed by atoms with Crippen molar-refractivity contribution in [2.45, 2.75) is 53.0 Å². The van der Waals surface area contributed by atoms with E-state index in [1.54, 1.807) is 29.6 Å². The Kier molecular flexibility index (Phi) is 4.53. The molecule has 0 radical (unpaired) electrons. The van der Waals surface area contributed by atoms with Crippen LogP contribution in [0.2, 0.25) is 0 Å². The minimum absolute atomic E-state index is 0.0542. The van der Waals surface area contributed by atoms with E-state index in [1.165, 1.54) is 10.4 Å². The van der Waals surface area contributed by atoms with Crippen molar-refractivity contribution >= 4 is 43.8 Å². The second-order valence-electron chi connectivity index (χ2n) is 7.79. The molecule has 152 valence electrons. The molecule has 2 aliphatic heterocycles. The molecule has 0 saturated heterocycles. The van der Waals surface area contributed by atoms with Crippen molar-refractivity contribution < 1.29 is 14.3 Å². The van der Waals surface area contributed by atoms with E-state index in [-0.39, 0.29) is 12.2 Å². The van der Waals surface area contributed by atoms with Gasteiger partial charge in [-0.3, -0.25) is 9.69 Å². The zero-order chi connectivity index (χ0) is 20.3. The molecule has 2 aliphatic rings. The van der Waals surface area contributed by atoms with Crippen LogP contribution in [0.5, 0.6) is 11.5 Å². The van der Waals surface area contributed by atoms with Gasteiger partial charge in [0.15, 0.2) is 11.5 Å². The first-order valence-electron chi connectivity index (χ1n) is 9.83. The summed E-state index contributed by atoms with van der Waals surface area (Å²) in [5.74, 6) is 1.45. The summed E-state index contributed by atoms with van der Waals surface area (Å²) in [7, 11) is 0. The van der Waals surface area contributed by atoms with Crippen LogP contribution in [0.15, 0.2) is 12.1 Å². The third-order valence-electron chi connectivity index (χ3n) is 5.36. The number of hydrogen-bond acceptors (Lipinski definition) is 7. The Bertz CT molecular complexity index is 1080. The quantitative estimate of drug-likeness (QED) is 0.644. The molecule has 2 aromatic heterocycles. The molecule has 1 atom stereocenters. The van der Waals surface area contributed by atoms with Crippen molar-refractivity contribution in [2.24, 2.45) is 0 Å².